The number of nitrogens with zero attached hydrogens (tertiary/aromatic N) is 1. The predicted molar refractivity (Wildman–Crippen MR) is 64.6 cm³/mol. The van der Waals surface area contributed by atoms with Gasteiger partial charge in [-0.05, 0) is 31.2 Å². The number of aromatic amines is 1. The Hall–Kier alpha value is -1.69. The van der Waals surface area contributed by atoms with E-state index in [4.69, 9.17) is 12.2 Å². The standard InChI is InChI=1S/C12H9F3N2S/c1-7-4-8(2-3-16-7)10-5-9(12(13,14)15)6-11(18)17-10/h2-6H,1H3,(H,17,18). The summed E-state index contributed by atoms with van der Waals surface area (Å²) in [4.78, 5) is 6.75. The van der Waals surface area contributed by atoms with E-state index in [2.05, 4.69) is 9.97 Å². The molecule has 2 rings (SSSR count). The molecule has 0 amide bonds. The number of rotatable bonds is 1. The van der Waals surface area contributed by atoms with E-state index in [-0.39, 0.29) is 4.64 Å². The van der Waals surface area contributed by atoms with Crippen LogP contribution in [0.1, 0.15) is 11.3 Å². The van der Waals surface area contributed by atoms with Gasteiger partial charge in [-0.1, -0.05) is 12.2 Å². The summed E-state index contributed by atoms with van der Waals surface area (Å²) in [6.07, 6.45) is -2.86. The van der Waals surface area contributed by atoms with Crippen LogP contribution in [0, 0.1) is 11.6 Å². The van der Waals surface area contributed by atoms with Crippen LogP contribution in [0.3, 0.4) is 0 Å². The van der Waals surface area contributed by atoms with Crippen molar-refractivity contribution in [1.29, 1.82) is 0 Å². The Labute approximate surface area is 107 Å². The zero-order valence-electron chi connectivity index (χ0n) is 9.38. The van der Waals surface area contributed by atoms with Gasteiger partial charge in [0.25, 0.3) is 0 Å². The quantitative estimate of drug-likeness (QED) is 0.789. The van der Waals surface area contributed by atoms with Crippen LogP contribution < -0.4 is 0 Å². The molecule has 0 aliphatic carbocycles. The molecule has 0 fully saturated rings. The van der Waals surface area contributed by atoms with Gasteiger partial charge in [-0.2, -0.15) is 13.2 Å². The predicted octanol–water partition coefficient (Wildman–Crippen LogP) is 4.13. The minimum Gasteiger partial charge on any atom is -0.346 e. The molecule has 18 heavy (non-hydrogen) atoms. The van der Waals surface area contributed by atoms with Crippen molar-refractivity contribution in [3.63, 3.8) is 0 Å². The lowest BCUT2D eigenvalue weighted by atomic mass is 10.1. The number of aromatic nitrogens is 2. The van der Waals surface area contributed by atoms with Gasteiger partial charge in [0, 0.05) is 23.1 Å². The van der Waals surface area contributed by atoms with E-state index in [1.807, 2.05) is 0 Å². The van der Waals surface area contributed by atoms with E-state index in [0.29, 0.717) is 11.3 Å². The van der Waals surface area contributed by atoms with Crippen LogP contribution in [-0.2, 0) is 6.18 Å². The molecule has 0 spiro atoms. The van der Waals surface area contributed by atoms with Crippen LogP contribution in [0.15, 0.2) is 30.5 Å². The molecule has 0 saturated heterocycles. The van der Waals surface area contributed by atoms with Crippen molar-refractivity contribution >= 4 is 12.2 Å². The van der Waals surface area contributed by atoms with Gasteiger partial charge in [0.05, 0.1) is 5.56 Å². The fraction of sp³-hybridized carbons (Fsp3) is 0.167. The van der Waals surface area contributed by atoms with E-state index >= 15 is 0 Å². The molecule has 0 saturated carbocycles. The molecule has 0 aliphatic rings. The number of halogens is 3. The SMILES string of the molecule is Cc1cc(-c2cc(C(F)(F)F)cc(=S)[nH]2)ccn1. The molecule has 0 aromatic carbocycles. The van der Waals surface area contributed by atoms with E-state index in [1.54, 1.807) is 25.3 Å². The van der Waals surface area contributed by atoms with E-state index in [0.717, 1.165) is 17.8 Å². The van der Waals surface area contributed by atoms with E-state index in [9.17, 15) is 13.2 Å². The number of nitrogens with one attached hydrogen (secondary N) is 1. The van der Waals surface area contributed by atoms with Crippen LogP contribution in [0.25, 0.3) is 11.3 Å². The summed E-state index contributed by atoms with van der Waals surface area (Å²) in [5.41, 5.74) is 0.931. The summed E-state index contributed by atoms with van der Waals surface area (Å²) in [6.45, 7) is 1.77. The molecule has 6 heteroatoms. The lowest BCUT2D eigenvalue weighted by Crippen LogP contribution is -2.05. The number of H-pyrrole nitrogens is 1. The largest absolute Gasteiger partial charge is 0.416 e. The third kappa shape index (κ3) is 2.76. The Morgan fingerprint density at radius 1 is 1.22 bits per heavy atom. The number of alkyl halides is 3. The van der Waals surface area contributed by atoms with Crippen LogP contribution in [0.2, 0.25) is 0 Å². The van der Waals surface area contributed by atoms with Gasteiger partial charge in [-0.25, -0.2) is 0 Å². The highest BCUT2D eigenvalue weighted by molar-refractivity contribution is 7.71. The second kappa shape index (κ2) is 4.53. The molecule has 0 aliphatic heterocycles. The lowest BCUT2D eigenvalue weighted by molar-refractivity contribution is -0.137. The highest BCUT2D eigenvalue weighted by Gasteiger charge is 2.31. The van der Waals surface area contributed by atoms with Crippen molar-refractivity contribution in [2.45, 2.75) is 13.1 Å². The highest BCUT2D eigenvalue weighted by Crippen LogP contribution is 2.31. The monoisotopic (exact) mass is 270 g/mol. The number of hydrogen-bond acceptors (Lipinski definition) is 2. The number of pyridine rings is 2. The molecule has 2 aromatic rings. The van der Waals surface area contributed by atoms with Gasteiger partial charge >= 0.3 is 6.18 Å². The number of aryl methyl sites for hydroxylation is 1. The summed E-state index contributed by atoms with van der Waals surface area (Å²) >= 11 is 4.82. The van der Waals surface area contributed by atoms with Crippen molar-refractivity contribution in [2.75, 3.05) is 0 Å². The minimum absolute atomic E-state index is 0.0503. The molecule has 2 nitrogen and oxygen atoms in total. The van der Waals surface area contributed by atoms with Gasteiger partial charge < -0.3 is 4.98 Å². The maximum Gasteiger partial charge on any atom is 0.416 e. The fourth-order valence-corrected chi connectivity index (χ4v) is 1.81. The van der Waals surface area contributed by atoms with Crippen molar-refractivity contribution in [1.82, 2.24) is 9.97 Å². The van der Waals surface area contributed by atoms with E-state index in [1.165, 1.54) is 0 Å². The topological polar surface area (TPSA) is 28.7 Å². The Morgan fingerprint density at radius 2 is 1.94 bits per heavy atom. The average Bonchev–Trinajstić information content (AvgIpc) is 2.27. The first-order valence-electron chi connectivity index (χ1n) is 5.11. The molecule has 1 N–H and O–H groups in total. The van der Waals surface area contributed by atoms with Crippen molar-refractivity contribution in [2.24, 2.45) is 0 Å². The zero-order valence-corrected chi connectivity index (χ0v) is 10.2. The second-order valence-corrected chi connectivity index (χ2v) is 4.27. The second-order valence-electron chi connectivity index (χ2n) is 3.83. The molecule has 2 aromatic heterocycles. The van der Waals surface area contributed by atoms with Crippen molar-refractivity contribution < 1.29 is 13.2 Å². The molecule has 2 heterocycles. The molecular formula is C12H9F3N2S. The van der Waals surface area contributed by atoms with Crippen LogP contribution in [-0.4, -0.2) is 9.97 Å². The van der Waals surface area contributed by atoms with Crippen molar-refractivity contribution in [3.05, 3.63) is 46.4 Å². The molecule has 0 unspecified atom stereocenters. The van der Waals surface area contributed by atoms with Gasteiger partial charge in [-0.15, -0.1) is 0 Å². The Morgan fingerprint density at radius 3 is 2.56 bits per heavy atom. The van der Waals surface area contributed by atoms with Gasteiger partial charge in [-0.3, -0.25) is 4.98 Å². The molecule has 0 radical (unpaired) electrons. The maximum absolute atomic E-state index is 12.7. The lowest BCUT2D eigenvalue weighted by Gasteiger charge is -2.09. The van der Waals surface area contributed by atoms with Crippen LogP contribution >= 0.6 is 12.2 Å². The smallest absolute Gasteiger partial charge is 0.346 e. The molecule has 94 valence electrons. The highest BCUT2D eigenvalue weighted by atomic mass is 32.1. The van der Waals surface area contributed by atoms with E-state index < -0.39 is 11.7 Å². The summed E-state index contributed by atoms with van der Waals surface area (Å²) in [5, 5.41) is 0. The summed E-state index contributed by atoms with van der Waals surface area (Å²) in [6, 6.07) is 5.28. The summed E-state index contributed by atoms with van der Waals surface area (Å²) < 4.78 is 38.1. The van der Waals surface area contributed by atoms with Crippen molar-refractivity contribution in [3.8, 4) is 11.3 Å². The normalized spacial score (nSPS) is 11.6. The first-order valence-corrected chi connectivity index (χ1v) is 5.52. The minimum atomic E-state index is -4.40. The Kier molecular flexibility index (Phi) is 3.21. The van der Waals surface area contributed by atoms with Gasteiger partial charge in [0.2, 0.25) is 0 Å². The third-order valence-electron chi connectivity index (χ3n) is 2.38. The molecule has 0 bridgehead atoms. The first kappa shape index (κ1) is 12.8. The molecule has 0 atom stereocenters. The fourth-order valence-electron chi connectivity index (χ4n) is 1.58. The third-order valence-corrected chi connectivity index (χ3v) is 2.60. The number of hydrogen-bond donors (Lipinski definition) is 1. The van der Waals surface area contributed by atoms with Gasteiger partial charge in [0.15, 0.2) is 0 Å². The maximum atomic E-state index is 12.7. The average molecular weight is 270 g/mol. The van der Waals surface area contributed by atoms with Crippen LogP contribution in [0.4, 0.5) is 13.2 Å². The van der Waals surface area contributed by atoms with Crippen LogP contribution in [0.5, 0.6) is 0 Å². The summed E-state index contributed by atoms with van der Waals surface area (Å²) in [5.74, 6) is 0. The zero-order chi connectivity index (χ0) is 13.3. The summed E-state index contributed by atoms with van der Waals surface area (Å²) in [7, 11) is 0. The Balaban J connectivity index is 2.59. The molecular weight excluding hydrogens is 261 g/mol. The van der Waals surface area contributed by atoms with Gasteiger partial charge in [0.1, 0.15) is 4.64 Å². The Bertz CT molecular complexity index is 632. The first-order chi connectivity index (χ1) is 8.36.